The van der Waals surface area contributed by atoms with Gasteiger partial charge in [-0.3, -0.25) is 9.69 Å². The number of hydrogen-bond donors (Lipinski definition) is 1. The molecule has 7 heteroatoms. The van der Waals surface area contributed by atoms with E-state index in [1.54, 1.807) is 40.5 Å². The molecule has 0 unspecified atom stereocenters. The van der Waals surface area contributed by atoms with E-state index in [1.807, 2.05) is 48.5 Å². The van der Waals surface area contributed by atoms with E-state index < -0.39 is 5.97 Å². The molecular weight excluding hydrogens is 422 g/mol. The lowest BCUT2D eigenvalue weighted by Crippen LogP contribution is -2.27. The van der Waals surface area contributed by atoms with Crippen molar-refractivity contribution in [2.24, 2.45) is 0 Å². The van der Waals surface area contributed by atoms with E-state index in [9.17, 15) is 9.59 Å². The minimum absolute atomic E-state index is 0.0791. The van der Waals surface area contributed by atoms with Gasteiger partial charge in [0.05, 0.1) is 17.0 Å². The van der Waals surface area contributed by atoms with Gasteiger partial charge in [0.1, 0.15) is 4.32 Å². The molecule has 1 aliphatic rings. The predicted molar refractivity (Wildman–Crippen MR) is 122 cm³/mol. The molecule has 4 nitrogen and oxygen atoms in total. The largest absolute Gasteiger partial charge is 0.478 e. The summed E-state index contributed by atoms with van der Waals surface area (Å²) in [5, 5.41) is 9.02. The average Bonchev–Trinajstić information content (AvgIpc) is 3.29. The minimum atomic E-state index is -0.944. The quantitative estimate of drug-likeness (QED) is 0.421. The Kier molecular flexibility index (Phi) is 5.62. The summed E-state index contributed by atoms with van der Waals surface area (Å²) in [5.41, 5.74) is 2.23. The van der Waals surface area contributed by atoms with Gasteiger partial charge in [0.15, 0.2) is 0 Å². The number of carbonyl (C=O) groups is 2. The molecule has 0 bridgehead atoms. The van der Waals surface area contributed by atoms with Crippen molar-refractivity contribution in [1.82, 2.24) is 4.90 Å². The molecule has 0 spiro atoms. The minimum Gasteiger partial charge on any atom is -0.478 e. The zero-order valence-corrected chi connectivity index (χ0v) is 17.5. The summed E-state index contributed by atoms with van der Waals surface area (Å²) < 4.78 is 0.561. The van der Waals surface area contributed by atoms with Gasteiger partial charge in [-0.2, -0.15) is 0 Å². The van der Waals surface area contributed by atoms with Crippen molar-refractivity contribution in [3.8, 4) is 10.4 Å². The van der Waals surface area contributed by atoms with E-state index in [0.717, 1.165) is 20.9 Å². The molecule has 3 aromatic rings. The maximum atomic E-state index is 12.8. The van der Waals surface area contributed by atoms with Crippen molar-refractivity contribution in [3.63, 3.8) is 0 Å². The Labute approximate surface area is 181 Å². The van der Waals surface area contributed by atoms with Gasteiger partial charge >= 0.3 is 5.97 Å². The molecule has 0 radical (unpaired) electrons. The fourth-order valence-electron chi connectivity index (χ4n) is 2.89. The van der Waals surface area contributed by atoms with Crippen LogP contribution >= 0.6 is 35.3 Å². The number of carbonyl (C=O) groups excluding carboxylic acids is 1. The molecule has 1 amide bonds. The number of thioether (sulfide) groups is 1. The Morgan fingerprint density at radius 1 is 1.03 bits per heavy atom. The van der Waals surface area contributed by atoms with E-state index in [4.69, 9.17) is 17.3 Å². The van der Waals surface area contributed by atoms with Crippen molar-refractivity contribution >= 4 is 57.6 Å². The molecule has 2 aromatic carbocycles. The maximum Gasteiger partial charge on any atom is 0.335 e. The third-order valence-electron chi connectivity index (χ3n) is 4.37. The zero-order chi connectivity index (χ0) is 20.4. The van der Waals surface area contributed by atoms with Crippen molar-refractivity contribution in [1.29, 1.82) is 0 Å². The van der Waals surface area contributed by atoms with E-state index in [0.29, 0.717) is 15.8 Å². The lowest BCUT2D eigenvalue weighted by Gasteiger charge is -2.14. The van der Waals surface area contributed by atoms with Crippen LogP contribution < -0.4 is 0 Å². The third-order valence-corrected chi connectivity index (χ3v) is 6.83. The van der Waals surface area contributed by atoms with Crippen LogP contribution in [-0.4, -0.2) is 26.2 Å². The average molecular weight is 438 g/mol. The van der Waals surface area contributed by atoms with Crippen LogP contribution in [0.1, 0.15) is 20.8 Å². The summed E-state index contributed by atoms with van der Waals surface area (Å²) in [5.74, 6) is -1.02. The number of benzene rings is 2. The summed E-state index contributed by atoms with van der Waals surface area (Å²) in [7, 11) is 0. The van der Waals surface area contributed by atoms with E-state index in [-0.39, 0.29) is 11.5 Å². The molecule has 4 rings (SSSR count). The second kappa shape index (κ2) is 8.32. The van der Waals surface area contributed by atoms with Crippen molar-refractivity contribution in [3.05, 3.63) is 87.6 Å². The number of thiophene rings is 1. The third kappa shape index (κ3) is 4.32. The number of thiocarbonyl (C=S) groups is 1. The second-order valence-corrected chi connectivity index (χ2v) is 9.13. The predicted octanol–water partition coefficient (Wildman–Crippen LogP) is 5.51. The number of rotatable bonds is 5. The van der Waals surface area contributed by atoms with Crippen LogP contribution in [0.5, 0.6) is 0 Å². The van der Waals surface area contributed by atoms with Crippen molar-refractivity contribution in [2.45, 2.75) is 6.54 Å². The molecule has 1 saturated heterocycles. The van der Waals surface area contributed by atoms with Gasteiger partial charge in [-0.15, -0.1) is 11.3 Å². The number of aromatic carboxylic acids is 1. The summed E-state index contributed by atoms with van der Waals surface area (Å²) in [6, 6.07) is 20.5. The van der Waals surface area contributed by atoms with Gasteiger partial charge in [0, 0.05) is 9.75 Å². The van der Waals surface area contributed by atoms with E-state index in [1.165, 1.54) is 11.8 Å². The molecule has 0 aliphatic carbocycles. The van der Waals surface area contributed by atoms with Gasteiger partial charge in [-0.25, -0.2) is 4.79 Å². The molecule has 0 atom stereocenters. The van der Waals surface area contributed by atoms with Crippen LogP contribution in [-0.2, 0) is 11.3 Å². The standard InChI is InChI=1S/C22H15NO3S3/c24-20-19(29-22(27)23(20)13-14-4-2-1-3-5-14)12-17-10-11-18(28-17)15-6-8-16(9-7-15)21(25)26/h1-12H,13H2,(H,25,26). The number of hydrogen-bond acceptors (Lipinski definition) is 5. The molecule has 1 fully saturated rings. The maximum absolute atomic E-state index is 12.8. The Balaban J connectivity index is 1.52. The number of nitrogens with zero attached hydrogens (tertiary/aromatic N) is 1. The molecule has 29 heavy (non-hydrogen) atoms. The lowest BCUT2D eigenvalue weighted by atomic mass is 10.1. The van der Waals surface area contributed by atoms with Gasteiger partial charge in [-0.05, 0) is 41.5 Å². The lowest BCUT2D eigenvalue weighted by molar-refractivity contribution is -0.122. The van der Waals surface area contributed by atoms with E-state index in [2.05, 4.69) is 0 Å². The first kappa shape index (κ1) is 19.6. The molecule has 1 aromatic heterocycles. The first-order valence-corrected chi connectivity index (χ1v) is 10.8. The molecular formula is C22H15NO3S3. The monoisotopic (exact) mass is 437 g/mol. The van der Waals surface area contributed by atoms with Crippen LogP contribution in [0.25, 0.3) is 16.5 Å². The highest BCUT2D eigenvalue weighted by Crippen LogP contribution is 2.36. The Morgan fingerprint density at radius 3 is 2.45 bits per heavy atom. The highest BCUT2D eigenvalue weighted by Gasteiger charge is 2.32. The van der Waals surface area contributed by atoms with Crippen LogP contribution in [0.15, 0.2) is 71.6 Å². The number of carboxylic acids is 1. The van der Waals surface area contributed by atoms with Gasteiger partial charge < -0.3 is 5.11 Å². The van der Waals surface area contributed by atoms with Crippen LogP contribution in [0.3, 0.4) is 0 Å². The van der Waals surface area contributed by atoms with Gasteiger partial charge in [0.25, 0.3) is 5.91 Å². The van der Waals surface area contributed by atoms with Crippen molar-refractivity contribution in [2.75, 3.05) is 0 Å². The number of amides is 1. The van der Waals surface area contributed by atoms with Crippen LogP contribution in [0, 0.1) is 0 Å². The van der Waals surface area contributed by atoms with Crippen LogP contribution in [0.4, 0.5) is 0 Å². The Bertz CT molecular complexity index is 1120. The van der Waals surface area contributed by atoms with Crippen molar-refractivity contribution < 1.29 is 14.7 Å². The Morgan fingerprint density at radius 2 is 1.76 bits per heavy atom. The molecule has 1 aliphatic heterocycles. The van der Waals surface area contributed by atoms with Gasteiger partial charge in [0.2, 0.25) is 0 Å². The second-order valence-electron chi connectivity index (χ2n) is 6.34. The SMILES string of the molecule is O=C(O)c1ccc(-c2ccc(C=C3SC(=S)N(Cc4ccccc4)C3=O)s2)cc1. The Hall–Kier alpha value is -2.74. The normalized spacial score (nSPS) is 15.3. The molecule has 0 saturated carbocycles. The van der Waals surface area contributed by atoms with Crippen LogP contribution in [0.2, 0.25) is 0 Å². The summed E-state index contributed by atoms with van der Waals surface area (Å²) in [6.07, 6.45) is 1.87. The fraction of sp³-hybridized carbons (Fsp3) is 0.0455. The molecule has 1 N–H and O–H groups in total. The first-order valence-electron chi connectivity index (χ1n) is 8.74. The zero-order valence-electron chi connectivity index (χ0n) is 15.1. The molecule has 144 valence electrons. The highest BCUT2D eigenvalue weighted by molar-refractivity contribution is 8.26. The topological polar surface area (TPSA) is 57.6 Å². The summed E-state index contributed by atoms with van der Waals surface area (Å²) in [4.78, 5) is 28.0. The fourth-order valence-corrected chi connectivity index (χ4v) is 5.17. The first-order chi connectivity index (χ1) is 14.0. The van der Waals surface area contributed by atoms with Gasteiger partial charge in [-0.1, -0.05) is 66.4 Å². The smallest absolute Gasteiger partial charge is 0.335 e. The molecule has 2 heterocycles. The number of carboxylic acid groups (broad SMARTS) is 1. The highest BCUT2D eigenvalue weighted by atomic mass is 32.2. The summed E-state index contributed by atoms with van der Waals surface area (Å²) >= 11 is 8.27. The van der Waals surface area contributed by atoms with E-state index >= 15 is 0 Å². The summed E-state index contributed by atoms with van der Waals surface area (Å²) in [6.45, 7) is 0.467.